The summed E-state index contributed by atoms with van der Waals surface area (Å²) in [4.78, 5) is 39.6. The second-order valence-electron chi connectivity index (χ2n) is 7.47. The molecule has 2 fully saturated rings. The molecule has 4 amide bonds. The number of carbonyl (C=O) groups excluding carboxylic acids is 3. The van der Waals surface area contributed by atoms with E-state index in [1.807, 2.05) is 11.0 Å². The number of carbonyl (C=O) groups is 3. The van der Waals surface area contributed by atoms with Crippen LogP contribution >= 0.6 is 0 Å². The summed E-state index contributed by atoms with van der Waals surface area (Å²) in [5.74, 6) is 1.46. The predicted molar refractivity (Wildman–Crippen MR) is 105 cm³/mol. The lowest BCUT2D eigenvalue weighted by atomic mass is 10.2. The Balaban J connectivity index is 1.23. The van der Waals surface area contributed by atoms with Crippen LogP contribution in [-0.4, -0.2) is 68.2 Å². The number of hydrogen-bond acceptors (Lipinski definition) is 5. The summed E-state index contributed by atoms with van der Waals surface area (Å²) < 4.78 is 11.1. The van der Waals surface area contributed by atoms with Crippen LogP contribution in [0.3, 0.4) is 0 Å². The number of amides is 4. The van der Waals surface area contributed by atoms with E-state index in [1.165, 1.54) is 0 Å². The van der Waals surface area contributed by atoms with E-state index in [0.717, 1.165) is 18.7 Å². The van der Waals surface area contributed by atoms with Crippen LogP contribution in [0, 0.1) is 0 Å². The van der Waals surface area contributed by atoms with Gasteiger partial charge in [-0.25, -0.2) is 4.79 Å². The van der Waals surface area contributed by atoms with Gasteiger partial charge >= 0.3 is 6.03 Å². The van der Waals surface area contributed by atoms with Gasteiger partial charge in [0.2, 0.25) is 11.8 Å². The van der Waals surface area contributed by atoms with E-state index >= 15 is 0 Å². The maximum Gasteiger partial charge on any atom is 0.315 e. The second kappa shape index (κ2) is 8.59. The normalized spacial score (nSPS) is 20.9. The first-order valence-electron chi connectivity index (χ1n) is 10.1. The van der Waals surface area contributed by atoms with Crippen LogP contribution in [0.2, 0.25) is 0 Å². The molecule has 9 nitrogen and oxygen atoms in total. The second-order valence-corrected chi connectivity index (χ2v) is 7.47. The van der Waals surface area contributed by atoms with Crippen molar-refractivity contribution in [2.75, 3.05) is 44.3 Å². The lowest BCUT2D eigenvalue weighted by molar-refractivity contribution is -0.127. The average Bonchev–Trinajstić information content (AvgIpc) is 3.29. The van der Waals surface area contributed by atoms with Gasteiger partial charge in [-0.1, -0.05) is 0 Å². The first kappa shape index (κ1) is 19.4. The quantitative estimate of drug-likeness (QED) is 0.688. The van der Waals surface area contributed by atoms with Crippen LogP contribution in [0.1, 0.15) is 25.7 Å². The highest BCUT2D eigenvalue weighted by molar-refractivity contribution is 5.97. The van der Waals surface area contributed by atoms with Crippen molar-refractivity contribution in [3.05, 3.63) is 18.2 Å². The first-order valence-corrected chi connectivity index (χ1v) is 10.1. The molecule has 1 aromatic rings. The molecule has 156 valence electrons. The van der Waals surface area contributed by atoms with E-state index in [4.69, 9.17) is 9.47 Å². The number of nitrogens with zero attached hydrogens (tertiary/aromatic N) is 2. The molecule has 0 unspecified atom stereocenters. The topological polar surface area (TPSA) is 100 Å². The molecule has 3 aliphatic rings. The molecular weight excluding hydrogens is 376 g/mol. The molecule has 0 aliphatic carbocycles. The highest BCUT2D eigenvalue weighted by atomic mass is 16.6. The Morgan fingerprint density at radius 3 is 2.76 bits per heavy atom. The smallest absolute Gasteiger partial charge is 0.315 e. The molecule has 1 aromatic carbocycles. The Morgan fingerprint density at radius 2 is 1.97 bits per heavy atom. The Kier molecular flexibility index (Phi) is 5.73. The van der Waals surface area contributed by atoms with Gasteiger partial charge in [0.15, 0.2) is 11.5 Å². The number of fused-ring (bicyclic) bond motifs is 1. The van der Waals surface area contributed by atoms with Crippen molar-refractivity contribution in [1.82, 2.24) is 15.5 Å². The molecule has 9 heteroatoms. The van der Waals surface area contributed by atoms with Crippen LogP contribution in [0.5, 0.6) is 11.5 Å². The number of hydrogen-bond donors (Lipinski definition) is 2. The number of ether oxygens (including phenoxy) is 2. The zero-order chi connectivity index (χ0) is 20.2. The molecule has 0 radical (unpaired) electrons. The van der Waals surface area contributed by atoms with Crippen LogP contribution in [-0.2, 0) is 9.59 Å². The number of urea groups is 1. The van der Waals surface area contributed by atoms with E-state index < -0.39 is 0 Å². The molecule has 3 heterocycles. The van der Waals surface area contributed by atoms with Gasteiger partial charge in [-0.2, -0.15) is 0 Å². The van der Waals surface area contributed by atoms with Crippen molar-refractivity contribution < 1.29 is 23.9 Å². The summed E-state index contributed by atoms with van der Waals surface area (Å²) in [5, 5.41) is 5.66. The standard InChI is InChI=1S/C20H26N4O5/c25-18-3-1-7-23(18)8-2-6-21-20(27)22-14-11-19(26)24(13-14)15-4-5-16-17(12-15)29-10-9-28-16/h4-5,12,14H,1-3,6-11,13H2,(H2,21,22,27)/t14-/m1/s1. The van der Waals surface area contributed by atoms with Gasteiger partial charge < -0.3 is 29.9 Å². The Labute approximate surface area is 169 Å². The van der Waals surface area contributed by atoms with Gasteiger partial charge in [0, 0.05) is 50.8 Å². The summed E-state index contributed by atoms with van der Waals surface area (Å²) in [5.41, 5.74) is 0.735. The minimum atomic E-state index is -0.292. The summed E-state index contributed by atoms with van der Waals surface area (Å²) in [6.07, 6.45) is 2.52. The minimum Gasteiger partial charge on any atom is -0.486 e. The summed E-state index contributed by atoms with van der Waals surface area (Å²) in [6, 6.07) is 4.88. The van der Waals surface area contributed by atoms with Crippen molar-refractivity contribution in [3.8, 4) is 11.5 Å². The van der Waals surface area contributed by atoms with Crippen molar-refractivity contribution in [1.29, 1.82) is 0 Å². The van der Waals surface area contributed by atoms with Gasteiger partial charge in [-0.05, 0) is 25.0 Å². The number of benzene rings is 1. The van der Waals surface area contributed by atoms with E-state index in [1.54, 1.807) is 17.0 Å². The summed E-state index contributed by atoms with van der Waals surface area (Å²) in [7, 11) is 0. The van der Waals surface area contributed by atoms with Crippen molar-refractivity contribution >= 4 is 23.5 Å². The maximum absolute atomic E-state index is 12.4. The van der Waals surface area contributed by atoms with Crippen LogP contribution in [0.15, 0.2) is 18.2 Å². The van der Waals surface area contributed by atoms with E-state index in [-0.39, 0.29) is 30.3 Å². The SMILES string of the molecule is O=C(NCCCN1CCCC1=O)N[C@@H]1CC(=O)N(c2ccc3c(c2)OCCO3)C1. The molecule has 1 atom stereocenters. The molecule has 3 aliphatic heterocycles. The highest BCUT2D eigenvalue weighted by Crippen LogP contribution is 2.35. The van der Waals surface area contributed by atoms with Gasteiger partial charge in [0.25, 0.3) is 0 Å². The number of likely N-dealkylation sites (tertiary alicyclic amines) is 1. The molecule has 2 saturated heterocycles. The number of nitrogens with one attached hydrogen (secondary N) is 2. The summed E-state index contributed by atoms with van der Waals surface area (Å²) >= 11 is 0. The third kappa shape index (κ3) is 4.55. The van der Waals surface area contributed by atoms with Gasteiger partial charge in [-0.15, -0.1) is 0 Å². The van der Waals surface area contributed by atoms with Gasteiger partial charge in [-0.3, -0.25) is 9.59 Å². The molecular formula is C20H26N4O5. The third-order valence-corrected chi connectivity index (χ3v) is 5.36. The van der Waals surface area contributed by atoms with Gasteiger partial charge in [0.05, 0.1) is 6.04 Å². The Bertz CT molecular complexity index is 799. The van der Waals surface area contributed by atoms with E-state index in [0.29, 0.717) is 57.2 Å². The van der Waals surface area contributed by atoms with Crippen LogP contribution < -0.4 is 25.0 Å². The molecule has 0 aromatic heterocycles. The third-order valence-electron chi connectivity index (χ3n) is 5.36. The Hall–Kier alpha value is -2.97. The fourth-order valence-electron chi connectivity index (χ4n) is 3.90. The zero-order valence-electron chi connectivity index (χ0n) is 16.3. The lowest BCUT2D eigenvalue weighted by Crippen LogP contribution is -2.44. The fourth-order valence-corrected chi connectivity index (χ4v) is 3.90. The zero-order valence-corrected chi connectivity index (χ0v) is 16.3. The average molecular weight is 402 g/mol. The molecule has 0 saturated carbocycles. The fraction of sp³-hybridized carbons (Fsp3) is 0.550. The van der Waals surface area contributed by atoms with E-state index in [9.17, 15) is 14.4 Å². The predicted octanol–water partition coefficient (Wildman–Crippen LogP) is 0.875. The minimum absolute atomic E-state index is 0.0421. The molecule has 0 spiro atoms. The number of rotatable bonds is 6. The van der Waals surface area contributed by atoms with Crippen LogP contribution in [0.4, 0.5) is 10.5 Å². The molecule has 0 bridgehead atoms. The first-order chi connectivity index (χ1) is 14.1. The number of anilines is 1. The van der Waals surface area contributed by atoms with Crippen molar-refractivity contribution in [2.24, 2.45) is 0 Å². The summed E-state index contributed by atoms with van der Waals surface area (Å²) in [6.45, 7) is 3.38. The highest BCUT2D eigenvalue weighted by Gasteiger charge is 2.32. The lowest BCUT2D eigenvalue weighted by Gasteiger charge is -2.22. The molecule has 4 rings (SSSR count). The molecule has 2 N–H and O–H groups in total. The molecule has 29 heavy (non-hydrogen) atoms. The maximum atomic E-state index is 12.4. The van der Waals surface area contributed by atoms with Gasteiger partial charge in [0.1, 0.15) is 13.2 Å². The Morgan fingerprint density at radius 1 is 1.14 bits per heavy atom. The monoisotopic (exact) mass is 402 g/mol. The van der Waals surface area contributed by atoms with E-state index in [2.05, 4.69) is 10.6 Å². The van der Waals surface area contributed by atoms with Crippen molar-refractivity contribution in [3.63, 3.8) is 0 Å². The van der Waals surface area contributed by atoms with Crippen molar-refractivity contribution in [2.45, 2.75) is 31.7 Å². The van der Waals surface area contributed by atoms with Crippen LogP contribution in [0.25, 0.3) is 0 Å². The largest absolute Gasteiger partial charge is 0.486 e.